The predicted molar refractivity (Wildman–Crippen MR) is 123 cm³/mol. The molecule has 6 heteroatoms. The first-order valence-corrected chi connectivity index (χ1v) is 10.4. The number of anilines is 2. The number of benzene rings is 3. The third kappa shape index (κ3) is 4.86. The number of nitrogen functional groups attached to an aromatic ring is 1. The molecule has 0 saturated heterocycles. The second kappa shape index (κ2) is 8.92. The highest BCUT2D eigenvalue weighted by molar-refractivity contribution is 6.05. The van der Waals surface area contributed by atoms with Crippen LogP contribution in [0, 0.1) is 6.92 Å². The molecule has 31 heavy (non-hydrogen) atoms. The molecule has 0 fully saturated rings. The lowest BCUT2D eigenvalue weighted by Gasteiger charge is -2.15. The van der Waals surface area contributed by atoms with Gasteiger partial charge in [0, 0.05) is 12.1 Å². The Bertz CT molecular complexity index is 1130. The lowest BCUT2D eigenvalue weighted by atomic mass is 10.0. The zero-order chi connectivity index (χ0) is 21.8. The smallest absolute Gasteiger partial charge is 0.315 e. The van der Waals surface area contributed by atoms with E-state index in [9.17, 15) is 9.59 Å². The van der Waals surface area contributed by atoms with Gasteiger partial charge in [-0.3, -0.25) is 4.79 Å². The molecular formula is C25H26N4O2. The van der Waals surface area contributed by atoms with Crippen molar-refractivity contribution in [3.63, 3.8) is 0 Å². The lowest BCUT2D eigenvalue weighted by molar-refractivity contribution is 0.102. The Labute approximate surface area is 181 Å². The number of amides is 3. The Balaban J connectivity index is 1.37. The van der Waals surface area contributed by atoms with Crippen LogP contribution in [0.15, 0.2) is 66.7 Å². The van der Waals surface area contributed by atoms with Crippen molar-refractivity contribution >= 4 is 23.3 Å². The van der Waals surface area contributed by atoms with Crippen LogP contribution in [0.4, 0.5) is 16.2 Å². The summed E-state index contributed by atoms with van der Waals surface area (Å²) in [5, 5.41) is 8.82. The second-order valence-electron chi connectivity index (χ2n) is 7.86. The molecule has 3 aromatic carbocycles. The molecule has 0 bridgehead atoms. The predicted octanol–water partition coefficient (Wildman–Crippen LogP) is 4.32. The normalized spacial score (nSPS) is 14.5. The summed E-state index contributed by atoms with van der Waals surface area (Å²) in [7, 11) is 0. The van der Waals surface area contributed by atoms with Crippen LogP contribution in [0.3, 0.4) is 0 Å². The number of carbonyl (C=O) groups excluding carboxylic acids is 2. The van der Waals surface area contributed by atoms with Gasteiger partial charge in [0.15, 0.2) is 0 Å². The highest BCUT2D eigenvalue weighted by Crippen LogP contribution is 2.32. The molecule has 0 aliphatic heterocycles. The fourth-order valence-electron chi connectivity index (χ4n) is 3.93. The van der Waals surface area contributed by atoms with E-state index in [0.717, 1.165) is 29.5 Å². The van der Waals surface area contributed by atoms with E-state index in [1.807, 2.05) is 49.4 Å². The van der Waals surface area contributed by atoms with Gasteiger partial charge in [-0.1, -0.05) is 48.0 Å². The van der Waals surface area contributed by atoms with Gasteiger partial charge in [-0.25, -0.2) is 4.79 Å². The Hall–Kier alpha value is -3.80. The standard InChI is InChI=1S/C25H26N4O2/c1-16-5-4-6-17(13-16)15-27-25(31)29-22-12-10-18-14-19(9-11-20(18)22)24(30)28-23-8-3-2-7-21(23)26/h2-9,11,13-14,22H,10,12,15,26H2,1H3,(H,28,30)(H2,27,29,31). The van der Waals surface area contributed by atoms with Crippen molar-refractivity contribution in [2.24, 2.45) is 0 Å². The molecule has 0 heterocycles. The molecule has 0 aromatic heterocycles. The maximum absolute atomic E-state index is 12.6. The average Bonchev–Trinajstić information content (AvgIpc) is 3.16. The maximum Gasteiger partial charge on any atom is 0.315 e. The fourth-order valence-corrected chi connectivity index (χ4v) is 3.93. The molecule has 1 unspecified atom stereocenters. The van der Waals surface area contributed by atoms with Crippen molar-refractivity contribution in [3.05, 3.63) is 94.5 Å². The highest BCUT2D eigenvalue weighted by Gasteiger charge is 2.25. The number of hydrogen-bond donors (Lipinski definition) is 4. The van der Waals surface area contributed by atoms with Crippen LogP contribution in [0.1, 0.15) is 45.1 Å². The van der Waals surface area contributed by atoms with Gasteiger partial charge in [0.2, 0.25) is 0 Å². The fraction of sp³-hybridized carbons (Fsp3) is 0.200. The Morgan fingerprint density at radius 1 is 1.03 bits per heavy atom. The first kappa shape index (κ1) is 20.5. The lowest BCUT2D eigenvalue weighted by Crippen LogP contribution is -2.36. The van der Waals surface area contributed by atoms with Crippen LogP contribution in [-0.4, -0.2) is 11.9 Å². The molecule has 1 aliphatic rings. The number of fused-ring (bicyclic) bond motifs is 1. The zero-order valence-corrected chi connectivity index (χ0v) is 17.4. The van der Waals surface area contributed by atoms with Gasteiger partial charge in [-0.2, -0.15) is 0 Å². The molecule has 3 amide bonds. The number of hydrogen-bond acceptors (Lipinski definition) is 3. The Morgan fingerprint density at radius 2 is 1.87 bits per heavy atom. The van der Waals surface area contributed by atoms with Gasteiger partial charge in [0.25, 0.3) is 5.91 Å². The topological polar surface area (TPSA) is 96.2 Å². The summed E-state index contributed by atoms with van der Waals surface area (Å²) in [5.41, 5.74) is 12.0. The minimum atomic E-state index is -0.201. The molecule has 158 valence electrons. The van der Waals surface area contributed by atoms with E-state index >= 15 is 0 Å². The van der Waals surface area contributed by atoms with Gasteiger partial charge < -0.3 is 21.7 Å². The van der Waals surface area contributed by atoms with Crippen molar-refractivity contribution in [3.8, 4) is 0 Å². The van der Waals surface area contributed by atoms with E-state index in [4.69, 9.17) is 5.73 Å². The molecule has 0 saturated carbocycles. The van der Waals surface area contributed by atoms with Crippen molar-refractivity contribution in [1.82, 2.24) is 10.6 Å². The zero-order valence-electron chi connectivity index (χ0n) is 17.4. The van der Waals surface area contributed by atoms with Crippen LogP contribution < -0.4 is 21.7 Å². The molecule has 0 radical (unpaired) electrons. The number of nitrogens with one attached hydrogen (secondary N) is 3. The van der Waals surface area contributed by atoms with Crippen LogP contribution >= 0.6 is 0 Å². The van der Waals surface area contributed by atoms with E-state index < -0.39 is 0 Å². The van der Waals surface area contributed by atoms with Crippen LogP contribution in [0.2, 0.25) is 0 Å². The van der Waals surface area contributed by atoms with Gasteiger partial charge >= 0.3 is 6.03 Å². The van der Waals surface area contributed by atoms with Gasteiger partial charge in [0.05, 0.1) is 17.4 Å². The number of para-hydroxylation sites is 2. The molecule has 4 rings (SSSR count). The molecular weight excluding hydrogens is 388 g/mol. The van der Waals surface area contributed by atoms with Crippen LogP contribution in [0.5, 0.6) is 0 Å². The van der Waals surface area contributed by atoms with Crippen molar-refractivity contribution in [2.45, 2.75) is 32.4 Å². The highest BCUT2D eigenvalue weighted by atomic mass is 16.2. The number of nitrogens with two attached hydrogens (primary N) is 1. The third-order valence-electron chi connectivity index (χ3n) is 5.53. The monoisotopic (exact) mass is 414 g/mol. The second-order valence-corrected chi connectivity index (χ2v) is 7.86. The first-order valence-electron chi connectivity index (χ1n) is 10.4. The maximum atomic E-state index is 12.6. The minimum Gasteiger partial charge on any atom is -0.397 e. The van der Waals surface area contributed by atoms with Crippen molar-refractivity contribution in [2.75, 3.05) is 11.1 Å². The SMILES string of the molecule is Cc1cccc(CNC(=O)NC2CCc3cc(C(=O)Nc4ccccc4N)ccc32)c1. The summed E-state index contributed by atoms with van der Waals surface area (Å²) in [6.45, 7) is 2.51. The third-order valence-corrected chi connectivity index (χ3v) is 5.53. The summed E-state index contributed by atoms with van der Waals surface area (Å²) in [6, 6.07) is 20.6. The van der Waals surface area contributed by atoms with E-state index in [0.29, 0.717) is 23.5 Å². The quantitative estimate of drug-likeness (QED) is 0.468. The van der Waals surface area contributed by atoms with E-state index in [2.05, 4.69) is 22.0 Å². The minimum absolute atomic E-state index is 0.0608. The van der Waals surface area contributed by atoms with Crippen molar-refractivity contribution < 1.29 is 9.59 Å². The molecule has 5 N–H and O–H groups in total. The number of carbonyl (C=O) groups is 2. The first-order chi connectivity index (χ1) is 15.0. The summed E-state index contributed by atoms with van der Waals surface area (Å²) in [4.78, 5) is 25.0. The van der Waals surface area contributed by atoms with Gasteiger partial charge in [-0.15, -0.1) is 0 Å². The van der Waals surface area contributed by atoms with Gasteiger partial charge in [0.1, 0.15) is 0 Å². The summed E-state index contributed by atoms with van der Waals surface area (Å²) >= 11 is 0. The summed E-state index contributed by atoms with van der Waals surface area (Å²) < 4.78 is 0. The summed E-state index contributed by atoms with van der Waals surface area (Å²) in [5.74, 6) is -0.201. The molecule has 3 aromatic rings. The summed E-state index contributed by atoms with van der Waals surface area (Å²) in [6.07, 6.45) is 1.62. The van der Waals surface area contributed by atoms with E-state index in [1.165, 1.54) is 5.56 Å². The van der Waals surface area contributed by atoms with Crippen LogP contribution in [0.25, 0.3) is 0 Å². The Kier molecular flexibility index (Phi) is 5.89. The van der Waals surface area contributed by atoms with Crippen LogP contribution in [-0.2, 0) is 13.0 Å². The number of urea groups is 1. The number of aryl methyl sites for hydroxylation is 2. The molecule has 1 aliphatic carbocycles. The Morgan fingerprint density at radius 3 is 2.68 bits per heavy atom. The van der Waals surface area contributed by atoms with E-state index in [1.54, 1.807) is 18.2 Å². The number of rotatable bonds is 5. The molecule has 0 spiro atoms. The van der Waals surface area contributed by atoms with E-state index in [-0.39, 0.29) is 18.0 Å². The molecule has 6 nitrogen and oxygen atoms in total. The molecule has 1 atom stereocenters. The largest absolute Gasteiger partial charge is 0.397 e. The average molecular weight is 415 g/mol. The van der Waals surface area contributed by atoms with Crippen molar-refractivity contribution in [1.29, 1.82) is 0 Å². The van der Waals surface area contributed by atoms with Gasteiger partial charge in [-0.05, 0) is 60.7 Å².